The Labute approximate surface area is 129 Å². The van der Waals surface area contributed by atoms with E-state index in [0.717, 1.165) is 15.4 Å². The number of hydrogen-bond acceptors (Lipinski definition) is 4. The van der Waals surface area contributed by atoms with Crippen LogP contribution in [-0.4, -0.2) is 41.0 Å². The van der Waals surface area contributed by atoms with Gasteiger partial charge in [0.25, 0.3) is 0 Å². The summed E-state index contributed by atoms with van der Waals surface area (Å²) >= 11 is 1.38. The minimum absolute atomic E-state index is 0.165. The van der Waals surface area contributed by atoms with Gasteiger partial charge in [-0.1, -0.05) is 13.0 Å². The maximum Gasteiger partial charge on any atom is 0.322 e. The third-order valence-corrected chi connectivity index (χ3v) is 7.23. The fourth-order valence-electron chi connectivity index (χ4n) is 2.35. The lowest BCUT2D eigenvalue weighted by molar-refractivity contribution is -0.140. The third kappa shape index (κ3) is 2.95. The summed E-state index contributed by atoms with van der Waals surface area (Å²) in [6, 6.07) is 3.92. The van der Waals surface area contributed by atoms with Gasteiger partial charge < -0.3 is 5.11 Å². The molecule has 5 nitrogen and oxygen atoms in total. The van der Waals surface area contributed by atoms with E-state index in [2.05, 4.69) is 0 Å². The van der Waals surface area contributed by atoms with Crippen LogP contribution in [0.5, 0.6) is 0 Å². The summed E-state index contributed by atoms with van der Waals surface area (Å²) in [5, 5.41) is 8.96. The number of benzene rings is 1. The first-order valence-corrected chi connectivity index (χ1v) is 9.23. The molecule has 0 aromatic heterocycles. The molecule has 116 valence electrons. The SMILES string of the molecule is CCC1SCC(C(=O)O)N1S(=O)(=O)c1ccc(C)c(C)c1. The van der Waals surface area contributed by atoms with Crippen LogP contribution in [0, 0.1) is 13.8 Å². The van der Waals surface area contributed by atoms with Crippen molar-refractivity contribution in [2.24, 2.45) is 0 Å². The molecule has 2 rings (SSSR count). The molecular formula is C14H19NO4S2. The molecule has 2 unspecified atom stereocenters. The average molecular weight is 329 g/mol. The predicted molar refractivity (Wildman–Crippen MR) is 82.9 cm³/mol. The number of hydrogen-bond donors (Lipinski definition) is 1. The Morgan fingerprint density at radius 1 is 1.38 bits per heavy atom. The molecule has 0 aliphatic carbocycles. The van der Waals surface area contributed by atoms with Gasteiger partial charge in [-0.3, -0.25) is 4.79 Å². The van der Waals surface area contributed by atoms with Gasteiger partial charge in [-0.05, 0) is 43.5 Å². The van der Waals surface area contributed by atoms with Gasteiger partial charge in [-0.25, -0.2) is 8.42 Å². The van der Waals surface area contributed by atoms with Crippen LogP contribution in [0.4, 0.5) is 0 Å². The zero-order valence-corrected chi connectivity index (χ0v) is 13.9. The van der Waals surface area contributed by atoms with E-state index in [1.807, 2.05) is 20.8 Å². The molecule has 1 aliphatic heterocycles. The molecule has 1 aliphatic rings. The van der Waals surface area contributed by atoms with Crippen LogP contribution in [0.1, 0.15) is 24.5 Å². The predicted octanol–water partition coefficient (Wildman–Crippen LogP) is 2.23. The van der Waals surface area contributed by atoms with Crippen molar-refractivity contribution in [3.05, 3.63) is 29.3 Å². The molecule has 1 saturated heterocycles. The number of aryl methyl sites for hydroxylation is 2. The normalized spacial score (nSPS) is 23.4. The van der Waals surface area contributed by atoms with Crippen LogP contribution in [0.3, 0.4) is 0 Å². The maximum atomic E-state index is 12.8. The molecule has 2 atom stereocenters. The minimum atomic E-state index is -3.80. The highest BCUT2D eigenvalue weighted by Gasteiger charge is 2.45. The molecule has 0 amide bonds. The van der Waals surface area contributed by atoms with Crippen molar-refractivity contribution in [1.29, 1.82) is 0 Å². The van der Waals surface area contributed by atoms with Crippen LogP contribution in [0.2, 0.25) is 0 Å². The van der Waals surface area contributed by atoms with E-state index >= 15 is 0 Å². The van der Waals surface area contributed by atoms with Gasteiger partial charge in [-0.2, -0.15) is 4.31 Å². The number of carboxylic acids is 1. The Kier molecular flexibility index (Phi) is 4.65. The van der Waals surface area contributed by atoms with E-state index in [1.54, 1.807) is 18.2 Å². The van der Waals surface area contributed by atoms with Gasteiger partial charge in [-0.15, -0.1) is 11.8 Å². The highest BCUT2D eigenvalue weighted by Crippen LogP contribution is 2.36. The molecular weight excluding hydrogens is 310 g/mol. The number of carboxylic acid groups (broad SMARTS) is 1. The summed E-state index contributed by atoms with van der Waals surface area (Å²) in [7, 11) is -3.80. The van der Waals surface area contributed by atoms with E-state index in [1.165, 1.54) is 11.8 Å². The van der Waals surface area contributed by atoms with Crippen molar-refractivity contribution in [3.8, 4) is 0 Å². The van der Waals surface area contributed by atoms with Crippen LogP contribution in [0.25, 0.3) is 0 Å². The first-order chi connectivity index (χ1) is 9.78. The Morgan fingerprint density at radius 2 is 2.05 bits per heavy atom. The third-order valence-electron chi connectivity index (χ3n) is 3.73. The standard InChI is InChI=1S/C14H19NO4S2/c1-4-13-15(12(8-20-13)14(16)17)21(18,19)11-6-5-9(2)10(3)7-11/h5-7,12-13H,4,8H2,1-3H3,(H,16,17). The zero-order chi connectivity index (χ0) is 15.8. The topological polar surface area (TPSA) is 74.7 Å². The van der Waals surface area contributed by atoms with Crippen molar-refractivity contribution in [1.82, 2.24) is 4.31 Å². The molecule has 1 aromatic rings. The molecule has 0 spiro atoms. The van der Waals surface area contributed by atoms with Crippen molar-refractivity contribution in [2.75, 3.05) is 5.75 Å². The monoisotopic (exact) mass is 329 g/mol. The van der Waals surface area contributed by atoms with Crippen molar-refractivity contribution < 1.29 is 18.3 Å². The molecule has 1 aromatic carbocycles. The first-order valence-electron chi connectivity index (χ1n) is 6.74. The fraction of sp³-hybridized carbons (Fsp3) is 0.500. The van der Waals surface area contributed by atoms with Crippen molar-refractivity contribution >= 4 is 27.8 Å². The molecule has 1 N–H and O–H groups in total. The summed E-state index contributed by atoms with van der Waals surface area (Å²) < 4.78 is 26.8. The van der Waals surface area contributed by atoms with E-state index in [4.69, 9.17) is 0 Å². The smallest absolute Gasteiger partial charge is 0.322 e. The van der Waals surface area contributed by atoms with Crippen LogP contribution < -0.4 is 0 Å². The lowest BCUT2D eigenvalue weighted by atomic mass is 10.1. The van der Waals surface area contributed by atoms with Gasteiger partial charge in [0.05, 0.1) is 10.3 Å². The summed E-state index contributed by atoms with van der Waals surface area (Å²) in [4.78, 5) is 11.5. The van der Waals surface area contributed by atoms with Gasteiger partial charge in [0.2, 0.25) is 10.0 Å². The molecule has 0 saturated carbocycles. The summed E-state index contributed by atoms with van der Waals surface area (Å²) in [6.45, 7) is 5.62. The zero-order valence-electron chi connectivity index (χ0n) is 12.2. The lowest BCUT2D eigenvalue weighted by Gasteiger charge is -2.26. The van der Waals surface area contributed by atoms with Gasteiger partial charge in [0.1, 0.15) is 6.04 Å². The largest absolute Gasteiger partial charge is 0.480 e. The highest BCUT2D eigenvalue weighted by molar-refractivity contribution is 8.01. The van der Waals surface area contributed by atoms with Gasteiger partial charge in [0.15, 0.2) is 0 Å². The Bertz CT molecular complexity index is 657. The van der Waals surface area contributed by atoms with Crippen LogP contribution >= 0.6 is 11.8 Å². The van der Waals surface area contributed by atoms with Gasteiger partial charge >= 0.3 is 5.97 Å². The highest BCUT2D eigenvalue weighted by atomic mass is 32.2. The lowest BCUT2D eigenvalue weighted by Crippen LogP contribution is -2.45. The Balaban J connectivity index is 2.49. The van der Waals surface area contributed by atoms with E-state index in [9.17, 15) is 18.3 Å². The second-order valence-corrected chi connectivity index (χ2v) is 8.19. The Morgan fingerprint density at radius 3 is 2.57 bits per heavy atom. The summed E-state index contributed by atoms with van der Waals surface area (Å²) in [6.07, 6.45) is 0.582. The quantitative estimate of drug-likeness (QED) is 0.917. The summed E-state index contributed by atoms with van der Waals surface area (Å²) in [5.74, 6) is -0.802. The van der Waals surface area contributed by atoms with Crippen LogP contribution in [-0.2, 0) is 14.8 Å². The van der Waals surface area contributed by atoms with E-state index < -0.39 is 22.0 Å². The number of aliphatic carboxylic acids is 1. The number of thioether (sulfide) groups is 1. The van der Waals surface area contributed by atoms with E-state index in [-0.39, 0.29) is 16.0 Å². The van der Waals surface area contributed by atoms with E-state index in [0.29, 0.717) is 6.42 Å². The summed E-state index contributed by atoms with van der Waals surface area (Å²) in [5.41, 5.74) is 1.88. The molecule has 1 heterocycles. The van der Waals surface area contributed by atoms with Crippen LogP contribution in [0.15, 0.2) is 23.1 Å². The van der Waals surface area contributed by atoms with Crippen molar-refractivity contribution in [3.63, 3.8) is 0 Å². The average Bonchev–Trinajstić information content (AvgIpc) is 2.86. The number of nitrogens with zero attached hydrogens (tertiary/aromatic N) is 1. The first kappa shape index (κ1) is 16.3. The molecule has 7 heteroatoms. The molecule has 21 heavy (non-hydrogen) atoms. The van der Waals surface area contributed by atoms with Crippen molar-refractivity contribution in [2.45, 2.75) is 43.5 Å². The number of rotatable bonds is 4. The Hall–Kier alpha value is -1.05. The van der Waals surface area contributed by atoms with Gasteiger partial charge in [0, 0.05) is 5.75 Å². The number of sulfonamides is 1. The minimum Gasteiger partial charge on any atom is -0.480 e. The second kappa shape index (κ2) is 5.98. The fourth-order valence-corrected chi connectivity index (χ4v) is 5.97. The molecule has 1 fully saturated rings. The molecule has 0 bridgehead atoms. The maximum absolute atomic E-state index is 12.8. The molecule has 0 radical (unpaired) electrons. The number of carbonyl (C=O) groups is 1. The second-order valence-electron chi connectivity index (χ2n) is 5.13.